The van der Waals surface area contributed by atoms with E-state index in [9.17, 15) is 4.79 Å². The minimum absolute atomic E-state index is 0.220. The van der Waals surface area contributed by atoms with Crippen LogP contribution in [0.4, 0.5) is 5.69 Å². The van der Waals surface area contributed by atoms with Gasteiger partial charge in [0.2, 0.25) is 0 Å². The number of nitrogens with zero attached hydrogens (tertiary/aromatic N) is 1. The van der Waals surface area contributed by atoms with E-state index in [1.54, 1.807) is 31.4 Å². The first-order chi connectivity index (χ1) is 9.10. The molecule has 2 aromatic rings. The molecule has 0 aliphatic rings. The second kappa shape index (κ2) is 5.71. The number of rotatable bonds is 3. The molecule has 1 heterocycles. The number of hydrogen-bond donors (Lipinski definition) is 1. The number of halogens is 1. The van der Waals surface area contributed by atoms with Gasteiger partial charge in [0.15, 0.2) is 0 Å². The zero-order valence-corrected chi connectivity index (χ0v) is 11.4. The van der Waals surface area contributed by atoms with E-state index in [1.807, 2.05) is 13.0 Å². The number of pyridine rings is 1. The summed E-state index contributed by atoms with van der Waals surface area (Å²) in [5, 5.41) is 3.12. The highest BCUT2D eigenvalue weighted by atomic mass is 35.5. The Kier molecular flexibility index (Phi) is 4.02. The predicted molar refractivity (Wildman–Crippen MR) is 74.9 cm³/mol. The smallest absolute Gasteiger partial charge is 0.255 e. The Morgan fingerprint density at radius 1 is 1.32 bits per heavy atom. The molecule has 1 aromatic heterocycles. The van der Waals surface area contributed by atoms with Crippen molar-refractivity contribution >= 4 is 23.2 Å². The summed E-state index contributed by atoms with van der Waals surface area (Å²) in [7, 11) is 1.58. The third-order valence-electron chi connectivity index (χ3n) is 2.66. The number of aromatic nitrogens is 1. The van der Waals surface area contributed by atoms with E-state index >= 15 is 0 Å². The van der Waals surface area contributed by atoms with Crippen molar-refractivity contribution in [2.45, 2.75) is 6.92 Å². The number of ether oxygens (including phenoxy) is 1. The van der Waals surface area contributed by atoms with Gasteiger partial charge in [-0.05, 0) is 36.8 Å². The molecule has 0 radical (unpaired) electrons. The highest BCUT2D eigenvalue weighted by Gasteiger charge is 2.09. The summed E-state index contributed by atoms with van der Waals surface area (Å²) in [6, 6.07) is 8.60. The van der Waals surface area contributed by atoms with E-state index in [2.05, 4.69) is 10.3 Å². The number of carbonyl (C=O) groups excluding carboxylic acids is 1. The van der Waals surface area contributed by atoms with Crippen LogP contribution in [-0.4, -0.2) is 18.0 Å². The molecule has 0 fully saturated rings. The average molecular weight is 277 g/mol. The van der Waals surface area contributed by atoms with Crippen molar-refractivity contribution in [1.29, 1.82) is 0 Å². The zero-order chi connectivity index (χ0) is 13.8. The molecule has 4 nitrogen and oxygen atoms in total. The Morgan fingerprint density at radius 3 is 2.74 bits per heavy atom. The molecule has 0 saturated heterocycles. The molecule has 19 heavy (non-hydrogen) atoms. The van der Waals surface area contributed by atoms with Gasteiger partial charge in [0.1, 0.15) is 10.9 Å². The van der Waals surface area contributed by atoms with Crippen molar-refractivity contribution in [2.24, 2.45) is 0 Å². The fourth-order valence-electron chi connectivity index (χ4n) is 1.61. The monoisotopic (exact) mass is 276 g/mol. The summed E-state index contributed by atoms with van der Waals surface area (Å²) in [6.07, 6.45) is 1.51. The van der Waals surface area contributed by atoms with Gasteiger partial charge in [-0.2, -0.15) is 0 Å². The van der Waals surface area contributed by atoms with Crippen LogP contribution in [-0.2, 0) is 0 Å². The van der Waals surface area contributed by atoms with Crippen LogP contribution in [0.2, 0.25) is 5.15 Å². The maximum absolute atomic E-state index is 12.1. The first kappa shape index (κ1) is 13.4. The minimum atomic E-state index is -0.220. The average Bonchev–Trinajstić information content (AvgIpc) is 2.42. The van der Waals surface area contributed by atoms with Gasteiger partial charge in [-0.25, -0.2) is 4.98 Å². The third-order valence-corrected chi connectivity index (χ3v) is 2.88. The van der Waals surface area contributed by atoms with E-state index in [4.69, 9.17) is 16.3 Å². The summed E-state index contributed by atoms with van der Waals surface area (Å²) in [5.74, 6) is 0.462. The first-order valence-corrected chi connectivity index (χ1v) is 6.05. The fourth-order valence-corrected chi connectivity index (χ4v) is 1.73. The number of anilines is 1. The van der Waals surface area contributed by atoms with Crippen LogP contribution in [0.1, 0.15) is 15.9 Å². The number of hydrogen-bond acceptors (Lipinski definition) is 3. The molecule has 98 valence electrons. The number of amides is 1. The molecule has 5 heteroatoms. The molecule has 0 aliphatic carbocycles. The van der Waals surface area contributed by atoms with Crippen molar-refractivity contribution in [1.82, 2.24) is 4.98 Å². The van der Waals surface area contributed by atoms with Crippen LogP contribution in [0.5, 0.6) is 5.75 Å². The van der Waals surface area contributed by atoms with Crippen LogP contribution in [0, 0.1) is 6.92 Å². The fraction of sp³-hybridized carbons (Fsp3) is 0.143. The lowest BCUT2D eigenvalue weighted by atomic mass is 10.1. The summed E-state index contributed by atoms with van der Waals surface area (Å²) in [5.41, 5.74) is 2.10. The molecule has 0 saturated carbocycles. The van der Waals surface area contributed by atoms with Gasteiger partial charge in [-0.3, -0.25) is 4.79 Å². The Morgan fingerprint density at radius 2 is 2.11 bits per heavy atom. The summed E-state index contributed by atoms with van der Waals surface area (Å²) < 4.78 is 5.19. The van der Waals surface area contributed by atoms with Crippen molar-refractivity contribution in [3.05, 3.63) is 52.8 Å². The van der Waals surface area contributed by atoms with Gasteiger partial charge < -0.3 is 10.1 Å². The molecular weight excluding hydrogens is 264 g/mol. The van der Waals surface area contributed by atoms with E-state index in [1.165, 1.54) is 6.20 Å². The third kappa shape index (κ3) is 3.23. The second-order valence-corrected chi connectivity index (χ2v) is 4.40. The number of carbonyl (C=O) groups is 1. The van der Waals surface area contributed by atoms with Crippen LogP contribution in [0.3, 0.4) is 0 Å². The minimum Gasteiger partial charge on any atom is -0.496 e. The van der Waals surface area contributed by atoms with Gasteiger partial charge >= 0.3 is 0 Å². The largest absolute Gasteiger partial charge is 0.496 e. The first-order valence-electron chi connectivity index (χ1n) is 5.67. The van der Waals surface area contributed by atoms with Crippen molar-refractivity contribution < 1.29 is 9.53 Å². The standard InChI is InChI=1S/C14H13ClN2O2/c1-9-3-4-10(7-12(9)19-2)14(18)17-11-5-6-13(15)16-8-11/h3-8H,1-2H3,(H,17,18). The lowest BCUT2D eigenvalue weighted by molar-refractivity contribution is 0.102. The van der Waals surface area contributed by atoms with Gasteiger partial charge in [0, 0.05) is 5.56 Å². The lowest BCUT2D eigenvalue weighted by Crippen LogP contribution is -2.12. The predicted octanol–water partition coefficient (Wildman–Crippen LogP) is 3.30. The highest BCUT2D eigenvalue weighted by molar-refractivity contribution is 6.29. The van der Waals surface area contributed by atoms with E-state index in [0.29, 0.717) is 22.2 Å². The van der Waals surface area contributed by atoms with E-state index < -0.39 is 0 Å². The number of methoxy groups -OCH3 is 1. The van der Waals surface area contributed by atoms with E-state index in [0.717, 1.165) is 5.56 Å². The second-order valence-electron chi connectivity index (χ2n) is 4.01. The summed E-state index contributed by atoms with van der Waals surface area (Å²) in [4.78, 5) is 16.0. The number of aryl methyl sites for hydroxylation is 1. The lowest BCUT2D eigenvalue weighted by Gasteiger charge is -2.08. The molecule has 0 aliphatic heterocycles. The molecule has 0 spiro atoms. The van der Waals surface area contributed by atoms with Gasteiger partial charge in [0.25, 0.3) is 5.91 Å². The molecule has 2 rings (SSSR count). The molecule has 1 N–H and O–H groups in total. The van der Waals surface area contributed by atoms with Crippen molar-refractivity contribution in [3.63, 3.8) is 0 Å². The van der Waals surface area contributed by atoms with Gasteiger partial charge in [0.05, 0.1) is 19.0 Å². The molecule has 0 atom stereocenters. The van der Waals surface area contributed by atoms with Crippen LogP contribution < -0.4 is 10.1 Å². The van der Waals surface area contributed by atoms with Crippen molar-refractivity contribution in [3.8, 4) is 5.75 Å². The highest BCUT2D eigenvalue weighted by Crippen LogP contribution is 2.20. The van der Waals surface area contributed by atoms with Crippen LogP contribution in [0.15, 0.2) is 36.5 Å². The van der Waals surface area contributed by atoms with Gasteiger partial charge in [-0.1, -0.05) is 17.7 Å². The normalized spacial score (nSPS) is 10.1. The SMILES string of the molecule is COc1cc(C(=O)Nc2ccc(Cl)nc2)ccc1C. The zero-order valence-electron chi connectivity index (χ0n) is 10.6. The van der Waals surface area contributed by atoms with Crippen molar-refractivity contribution in [2.75, 3.05) is 12.4 Å². The van der Waals surface area contributed by atoms with Crippen LogP contribution in [0.25, 0.3) is 0 Å². The molecular formula is C14H13ClN2O2. The Bertz CT molecular complexity index is 597. The molecule has 1 amide bonds. The molecule has 1 aromatic carbocycles. The maximum atomic E-state index is 12.1. The Labute approximate surface area is 116 Å². The molecule has 0 bridgehead atoms. The topological polar surface area (TPSA) is 51.2 Å². The van der Waals surface area contributed by atoms with Crippen LogP contribution >= 0.6 is 11.6 Å². The number of benzene rings is 1. The Hall–Kier alpha value is -2.07. The summed E-state index contributed by atoms with van der Waals surface area (Å²) >= 11 is 5.68. The molecule has 0 unspecified atom stereocenters. The number of nitrogens with one attached hydrogen (secondary N) is 1. The summed E-state index contributed by atoms with van der Waals surface area (Å²) in [6.45, 7) is 1.92. The Balaban J connectivity index is 2.18. The maximum Gasteiger partial charge on any atom is 0.255 e. The quantitative estimate of drug-likeness (QED) is 0.875. The van der Waals surface area contributed by atoms with E-state index in [-0.39, 0.29) is 5.91 Å². The van der Waals surface area contributed by atoms with Gasteiger partial charge in [-0.15, -0.1) is 0 Å².